The van der Waals surface area contributed by atoms with E-state index in [2.05, 4.69) is 4.98 Å². The van der Waals surface area contributed by atoms with Crippen molar-refractivity contribution in [2.24, 2.45) is 0 Å². The number of carboxylic acid groups (broad SMARTS) is 1. The molecule has 4 rings (SSSR count). The third-order valence-corrected chi connectivity index (χ3v) is 5.74. The van der Waals surface area contributed by atoms with Crippen LogP contribution in [0.25, 0.3) is 22.2 Å². The lowest BCUT2D eigenvalue weighted by atomic mass is 10.0. The van der Waals surface area contributed by atoms with Crippen LogP contribution in [-0.2, 0) is 20.7 Å². The molecular weight excluding hydrogens is 387 g/mol. The number of H-pyrrole nitrogens is 1. The second-order valence-corrected chi connectivity index (χ2v) is 7.52. The first kappa shape index (κ1) is 20.1. The van der Waals surface area contributed by atoms with Crippen LogP contribution in [0.5, 0.6) is 0 Å². The molecule has 0 saturated carbocycles. The maximum atomic E-state index is 13.4. The smallest absolute Gasteiger partial charge is 0.326 e. The number of carbonyl (C=O) groups excluding carboxylic acids is 1. The van der Waals surface area contributed by atoms with Gasteiger partial charge in [0.05, 0.1) is 6.10 Å². The van der Waals surface area contributed by atoms with Crippen LogP contribution < -0.4 is 0 Å². The third-order valence-electron chi connectivity index (χ3n) is 5.74. The zero-order chi connectivity index (χ0) is 21.3. The zero-order valence-corrected chi connectivity index (χ0v) is 16.6. The van der Waals surface area contributed by atoms with Gasteiger partial charge in [-0.3, -0.25) is 4.79 Å². The average molecular weight is 410 g/mol. The van der Waals surface area contributed by atoms with Crippen LogP contribution in [0.3, 0.4) is 0 Å². The highest BCUT2D eigenvalue weighted by atomic mass is 19.1. The van der Waals surface area contributed by atoms with Gasteiger partial charge in [0.1, 0.15) is 11.9 Å². The van der Waals surface area contributed by atoms with Crippen LogP contribution in [0.4, 0.5) is 4.39 Å². The Labute approximate surface area is 173 Å². The number of hydrogen-bond donors (Lipinski definition) is 2. The summed E-state index contributed by atoms with van der Waals surface area (Å²) in [6.07, 6.45) is 0.649. The van der Waals surface area contributed by atoms with E-state index in [-0.39, 0.29) is 30.8 Å². The predicted molar refractivity (Wildman–Crippen MR) is 111 cm³/mol. The molecule has 7 heteroatoms. The number of benzene rings is 2. The largest absolute Gasteiger partial charge is 0.480 e. The van der Waals surface area contributed by atoms with Crippen LogP contribution >= 0.6 is 0 Å². The molecule has 2 N–H and O–H groups in total. The van der Waals surface area contributed by atoms with Crippen molar-refractivity contribution in [3.8, 4) is 11.3 Å². The first-order valence-electron chi connectivity index (χ1n) is 9.88. The summed E-state index contributed by atoms with van der Waals surface area (Å²) in [5, 5.41) is 10.5. The van der Waals surface area contributed by atoms with Crippen molar-refractivity contribution in [1.82, 2.24) is 9.88 Å². The van der Waals surface area contributed by atoms with E-state index in [0.717, 1.165) is 27.7 Å². The number of aryl methyl sites for hydroxylation is 1. The molecule has 2 aromatic carbocycles. The summed E-state index contributed by atoms with van der Waals surface area (Å²) in [6, 6.07) is 13.2. The first-order valence-corrected chi connectivity index (χ1v) is 9.88. The van der Waals surface area contributed by atoms with Crippen LogP contribution in [0.15, 0.2) is 48.5 Å². The van der Waals surface area contributed by atoms with Crippen molar-refractivity contribution in [3.05, 3.63) is 59.9 Å². The predicted octanol–water partition coefficient (Wildman–Crippen LogP) is 3.61. The fourth-order valence-corrected chi connectivity index (χ4v) is 4.18. The van der Waals surface area contributed by atoms with Crippen molar-refractivity contribution in [1.29, 1.82) is 0 Å². The number of nitrogens with one attached hydrogen (secondary N) is 1. The monoisotopic (exact) mass is 410 g/mol. The number of hydrogen-bond acceptors (Lipinski definition) is 3. The number of fused-ring (bicyclic) bond motifs is 1. The highest BCUT2D eigenvalue weighted by molar-refractivity contribution is 5.92. The lowest BCUT2D eigenvalue weighted by Crippen LogP contribution is -2.40. The van der Waals surface area contributed by atoms with Gasteiger partial charge in [-0.1, -0.05) is 18.2 Å². The van der Waals surface area contributed by atoms with E-state index in [1.165, 1.54) is 24.1 Å². The molecule has 156 valence electrons. The normalized spacial score (nSPS) is 18.8. The van der Waals surface area contributed by atoms with E-state index in [4.69, 9.17) is 4.74 Å². The van der Waals surface area contributed by atoms with Crippen molar-refractivity contribution in [2.45, 2.75) is 31.4 Å². The Kier molecular flexibility index (Phi) is 5.55. The third kappa shape index (κ3) is 3.80. The Morgan fingerprint density at radius 1 is 1.20 bits per heavy atom. The van der Waals surface area contributed by atoms with Gasteiger partial charge in [0.25, 0.3) is 0 Å². The summed E-state index contributed by atoms with van der Waals surface area (Å²) in [5.74, 6) is -1.53. The van der Waals surface area contributed by atoms with Crippen molar-refractivity contribution < 1.29 is 23.8 Å². The summed E-state index contributed by atoms with van der Waals surface area (Å²) in [5.41, 5.74) is 3.57. The minimum atomic E-state index is -1.01. The van der Waals surface area contributed by atoms with E-state index in [1.807, 2.05) is 24.3 Å². The number of carboxylic acids is 1. The number of halogens is 1. The van der Waals surface area contributed by atoms with E-state index < -0.39 is 12.0 Å². The fourth-order valence-electron chi connectivity index (χ4n) is 4.18. The number of aliphatic carboxylic acids is 1. The molecule has 2 atom stereocenters. The summed E-state index contributed by atoms with van der Waals surface area (Å²) in [7, 11) is 1.53. The number of ether oxygens (including phenoxy) is 1. The van der Waals surface area contributed by atoms with Crippen molar-refractivity contribution in [2.75, 3.05) is 13.7 Å². The minimum Gasteiger partial charge on any atom is -0.480 e. The summed E-state index contributed by atoms with van der Waals surface area (Å²) in [6.45, 7) is 0.283. The molecular formula is C23H23FN2O4. The number of methoxy groups -OCH3 is 1. The minimum absolute atomic E-state index is 0.177. The quantitative estimate of drug-likeness (QED) is 0.650. The highest BCUT2D eigenvalue weighted by Crippen LogP contribution is 2.32. The van der Waals surface area contributed by atoms with Gasteiger partial charge in [-0.25, -0.2) is 9.18 Å². The van der Waals surface area contributed by atoms with Gasteiger partial charge in [-0.05, 0) is 47.9 Å². The number of nitrogens with zero attached hydrogens (tertiary/aromatic N) is 1. The molecule has 3 aromatic rings. The van der Waals surface area contributed by atoms with Gasteiger partial charge >= 0.3 is 5.97 Å². The summed E-state index contributed by atoms with van der Waals surface area (Å²) < 4.78 is 18.7. The summed E-state index contributed by atoms with van der Waals surface area (Å²) >= 11 is 0. The van der Waals surface area contributed by atoms with Gasteiger partial charge in [0, 0.05) is 43.1 Å². The Morgan fingerprint density at radius 2 is 1.93 bits per heavy atom. The van der Waals surface area contributed by atoms with Gasteiger partial charge in [-0.2, -0.15) is 0 Å². The number of aromatic amines is 1. The Bertz CT molecular complexity index is 1080. The Balaban J connectivity index is 1.60. The molecule has 0 radical (unpaired) electrons. The molecule has 2 heterocycles. The Morgan fingerprint density at radius 3 is 2.63 bits per heavy atom. The van der Waals surface area contributed by atoms with Crippen LogP contribution in [0, 0.1) is 5.82 Å². The number of aromatic nitrogens is 1. The van der Waals surface area contributed by atoms with E-state index in [1.54, 1.807) is 12.1 Å². The Hall–Kier alpha value is -3.19. The average Bonchev–Trinajstić information content (AvgIpc) is 3.34. The SMILES string of the molecule is COC1CC(C(=O)O)N(C(=O)CCc2c(-c3ccc(F)cc3)[nH]c3ccccc23)C1. The van der Waals surface area contributed by atoms with Gasteiger partial charge < -0.3 is 19.7 Å². The molecule has 30 heavy (non-hydrogen) atoms. The van der Waals surface area contributed by atoms with E-state index in [0.29, 0.717) is 12.8 Å². The molecule has 1 aliphatic heterocycles. The molecule has 1 aliphatic rings. The lowest BCUT2D eigenvalue weighted by molar-refractivity contribution is -0.148. The van der Waals surface area contributed by atoms with Gasteiger partial charge in [0.2, 0.25) is 5.91 Å². The molecule has 0 aliphatic carbocycles. The van der Waals surface area contributed by atoms with Gasteiger partial charge in [-0.15, -0.1) is 0 Å². The van der Waals surface area contributed by atoms with Crippen molar-refractivity contribution in [3.63, 3.8) is 0 Å². The molecule has 1 amide bonds. The van der Waals surface area contributed by atoms with Gasteiger partial charge in [0.15, 0.2) is 0 Å². The number of amides is 1. The second-order valence-electron chi connectivity index (χ2n) is 7.52. The molecule has 2 unspecified atom stereocenters. The fraction of sp³-hybridized carbons (Fsp3) is 0.304. The van der Waals surface area contributed by atoms with Crippen molar-refractivity contribution >= 4 is 22.8 Å². The summed E-state index contributed by atoms with van der Waals surface area (Å²) in [4.78, 5) is 29.2. The number of carbonyl (C=O) groups is 2. The molecule has 0 bridgehead atoms. The molecule has 6 nitrogen and oxygen atoms in total. The molecule has 1 saturated heterocycles. The van der Waals surface area contributed by atoms with Crippen LogP contribution in [0.2, 0.25) is 0 Å². The van der Waals surface area contributed by atoms with Crippen LogP contribution in [-0.4, -0.2) is 52.7 Å². The lowest BCUT2D eigenvalue weighted by Gasteiger charge is -2.21. The molecule has 1 aromatic heterocycles. The number of rotatable bonds is 6. The maximum absolute atomic E-state index is 13.4. The second kappa shape index (κ2) is 8.28. The van der Waals surface area contributed by atoms with Crippen LogP contribution in [0.1, 0.15) is 18.4 Å². The van der Waals surface area contributed by atoms with E-state index >= 15 is 0 Å². The topological polar surface area (TPSA) is 82.6 Å². The standard InChI is InChI=1S/C23H23FN2O4/c1-30-16-12-20(23(28)29)26(13-16)21(27)11-10-18-17-4-2-3-5-19(17)25-22(18)14-6-8-15(24)9-7-14/h2-9,16,20,25H,10-13H2,1H3,(H,28,29). The zero-order valence-electron chi connectivity index (χ0n) is 16.6. The highest BCUT2D eigenvalue weighted by Gasteiger charge is 2.39. The maximum Gasteiger partial charge on any atom is 0.326 e. The van der Waals surface area contributed by atoms with E-state index in [9.17, 15) is 19.1 Å². The number of para-hydroxylation sites is 1. The number of likely N-dealkylation sites (tertiary alicyclic amines) is 1. The molecule has 1 fully saturated rings. The first-order chi connectivity index (χ1) is 14.5. The molecule has 0 spiro atoms.